The van der Waals surface area contributed by atoms with Gasteiger partial charge in [-0.2, -0.15) is 0 Å². The molecule has 1 aliphatic rings. The standard InChI is InChI=1S/C10H15NO2S2/c1-2-6-15(12,13)11-9-7-8(9)10-4-3-5-14-10/h3-5,8-9,11H,2,6-7H2,1H3. The molecule has 0 radical (unpaired) electrons. The number of sulfonamides is 1. The van der Waals surface area contributed by atoms with Gasteiger partial charge in [0, 0.05) is 16.8 Å². The van der Waals surface area contributed by atoms with Crippen LogP contribution in [0.1, 0.15) is 30.6 Å². The molecule has 3 nitrogen and oxygen atoms in total. The van der Waals surface area contributed by atoms with E-state index in [1.807, 2.05) is 18.4 Å². The Kier molecular flexibility index (Phi) is 3.13. The van der Waals surface area contributed by atoms with E-state index in [0.717, 1.165) is 6.42 Å². The molecule has 1 N–H and O–H groups in total. The van der Waals surface area contributed by atoms with Gasteiger partial charge < -0.3 is 0 Å². The van der Waals surface area contributed by atoms with Gasteiger partial charge in [0.25, 0.3) is 0 Å². The minimum atomic E-state index is -3.04. The van der Waals surface area contributed by atoms with Gasteiger partial charge in [-0.25, -0.2) is 13.1 Å². The fraction of sp³-hybridized carbons (Fsp3) is 0.600. The molecule has 5 heteroatoms. The average molecular weight is 245 g/mol. The Morgan fingerprint density at radius 1 is 1.60 bits per heavy atom. The van der Waals surface area contributed by atoms with Gasteiger partial charge in [-0.3, -0.25) is 0 Å². The maximum Gasteiger partial charge on any atom is 0.211 e. The zero-order chi connectivity index (χ0) is 10.9. The van der Waals surface area contributed by atoms with Gasteiger partial charge in [0.15, 0.2) is 0 Å². The summed E-state index contributed by atoms with van der Waals surface area (Å²) in [6.07, 6.45) is 1.62. The topological polar surface area (TPSA) is 46.2 Å². The lowest BCUT2D eigenvalue weighted by Crippen LogP contribution is -2.28. The highest BCUT2D eigenvalue weighted by atomic mass is 32.2. The molecule has 1 aromatic rings. The number of hydrogen-bond acceptors (Lipinski definition) is 3. The van der Waals surface area contributed by atoms with Crippen molar-refractivity contribution >= 4 is 21.4 Å². The van der Waals surface area contributed by atoms with Crippen LogP contribution in [0.25, 0.3) is 0 Å². The Hall–Kier alpha value is -0.390. The van der Waals surface area contributed by atoms with Crippen LogP contribution in [0.15, 0.2) is 17.5 Å². The number of nitrogens with one attached hydrogen (secondary N) is 1. The molecule has 15 heavy (non-hydrogen) atoms. The molecule has 0 saturated heterocycles. The summed E-state index contributed by atoms with van der Waals surface area (Å²) >= 11 is 1.70. The lowest BCUT2D eigenvalue weighted by atomic mass is 10.3. The normalized spacial score (nSPS) is 25.4. The summed E-state index contributed by atoms with van der Waals surface area (Å²) in [6.45, 7) is 1.88. The van der Waals surface area contributed by atoms with Gasteiger partial charge in [0.05, 0.1) is 5.75 Å². The van der Waals surface area contributed by atoms with E-state index < -0.39 is 10.0 Å². The molecule has 1 heterocycles. The van der Waals surface area contributed by atoms with Crippen molar-refractivity contribution in [3.8, 4) is 0 Å². The van der Waals surface area contributed by atoms with E-state index in [1.165, 1.54) is 4.88 Å². The molecule has 2 unspecified atom stereocenters. The van der Waals surface area contributed by atoms with Crippen LogP contribution in [-0.4, -0.2) is 20.2 Å². The predicted molar refractivity (Wildman–Crippen MR) is 62.7 cm³/mol. The van der Waals surface area contributed by atoms with E-state index >= 15 is 0 Å². The molecule has 0 aromatic carbocycles. The second-order valence-electron chi connectivity index (χ2n) is 3.90. The molecule has 84 valence electrons. The molecule has 0 spiro atoms. The van der Waals surface area contributed by atoms with E-state index in [0.29, 0.717) is 12.3 Å². The number of hydrogen-bond donors (Lipinski definition) is 1. The van der Waals surface area contributed by atoms with Crippen LogP contribution in [0.2, 0.25) is 0 Å². The van der Waals surface area contributed by atoms with Gasteiger partial charge >= 0.3 is 0 Å². The quantitative estimate of drug-likeness (QED) is 0.861. The SMILES string of the molecule is CCCS(=O)(=O)NC1CC1c1cccs1. The molecule has 1 fully saturated rings. The van der Waals surface area contributed by atoms with Crippen molar-refractivity contribution in [2.24, 2.45) is 0 Å². The smallest absolute Gasteiger partial charge is 0.211 e. The minimum Gasteiger partial charge on any atom is -0.212 e. The second kappa shape index (κ2) is 4.23. The van der Waals surface area contributed by atoms with Crippen molar-refractivity contribution in [1.82, 2.24) is 4.72 Å². The number of rotatable bonds is 5. The highest BCUT2D eigenvalue weighted by Gasteiger charge is 2.41. The first kappa shape index (κ1) is 11.1. The minimum absolute atomic E-state index is 0.139. The third-order valence-corrected chi connectivity index (χ3v) is 5.11. The summed E-state index contributed by atoms with van der Waals surface area (Å²) in [5.41, 5.74) is 0. The van der Waals surface area contributed by atoms with E-state index in [4.69, 9.17) is 0 Å². The van der Waals surface area contributed by atoms with E-state index in [9.17, 15) is 8.42 Å². The molecular weight excluding hydrogens is 230 g/mol. The summed E-state index contributed by atoms with van der Waals surface area (Å²) in [7, 11) is -3.04. The van der Waals surface area contributed by atoms with Crippen molar-refractivity contribution in [1.29, 1.82) is 0 Å². The van der Waals surface area contributed by atoms with Gasteiger partial charge in [0.1, 0.15) is 0 Å². The van der Waals surface area contributed by atoms with Crippen LogP contribution in [0.4, 0.5) is 0 Å². The van der Waals surface area contributed by atoms with Crippen LogP contribution in [0.5, 0.6) is 0 Å². The summed E-state index contributed by atoms with van der Waals surface area (Å²) in [4.78, 5) is 1.29. The van der Waals surface area contributed by atoms with Crippen LogP contribution in [0, 0.1) is 0 Å². The predicted octanol–water partition coefficient (Wildman–Crippen LogP) is 1.93. The highest BCUT2D eigenvalue weighted by Crippen LogP contribution is 2.43. The fourth-order valence-electron chi connectivity index (χ4n) is 1.70. The highest BCUT2D eigenvalue weighted by molar-refractivity contribution is 7.89. The van der Waals surface area contributed by atoms with Gasteiger partial charge in [-0.1, -0.05) is 13.0 Å². The summed E-state index contributed by atoms with van der Waals surface area (Å²) in [5, 5.41) is 2.03. The van der Waals surface area contributed by atoms with Crippen LogP contribution >= 0.6 is 11.3 Å². The van der Waals surface area contributed by atoms with E-state index in [-0.39, 0.29) is 11.8 Å². The first-order valence-corrected chi connectivity index (χ1v) is 7.69. The summed E-state index contributed by atoms with van der Waals surface area (Å²) in [5.74, 6) is 0.650. The third kappa shape index (κ3) is 2.80. The second-order valence-corrected chi connectivity index (χ2v) is 6.75. The summed E-state index contributed by atoms with van der Waals surface area (Å²) < 4.78 is 25.7. The van der Waals surface area contributed by atoms with Crippen molar-refractivity contribution in [2.75, 3.05) is 5.75 Å². The zero-order valence-corrected chi connectivity index (χ0v) is 10.3. The molecular formula is C10H15NO2S2. The third-order valence-electron chi connectivity index (χ3n) is 2.50. The van der Waals surface area contributed by atoms with Crippen molar-refractivity contribution in [3.05, 3.63) is 22.4 Å². The van der Waals surface area contributed by atoms with Gasteiger partial charge in [-0.05, 0) is 24.3 Å². The van der Waals surface area contributed by atoms with Crippen molar-refractivity contribution in [2.45, 2.75) is 31.7 Å². The molecule has 1 aliphatic carbocycles. The average Bonchev–Trinajstić information content (AvgIpc) is 2.70. The molecule has 1 aromatic heterocycles. The van der Waals surface area contributed by atoms with Crippen LogP contribution in [-0.2, 0) is 10.0 Å². The van der Waals surface area contributed by atoms with Crippen LogP contribution in [0.3, 0.4) is 0 Å². The Labute approximate surface area is 94.6 Å². The molecule has 2 rings (SSSR count). The molecule has 0 amide bonds. The Bertz CT molecular complexity index is 411. The van der Waals surface area contributed by atoms with Gasteiger partial charge in [-0.15, -0.1) is 11.3 Å². The maximum atomic E-state index is 11.5. The lowest BCUT2D eigenvalue weighted by Gasteiger charge is -2.03. The maximum absolute atomic E-state index is 11.5. The fourth-order valence-corrected chi connectivity index (χ4v) is 3.98. The van der Waals surface area contributed by atoms with E-state index in [1.54, 1.807) is 11.3 Å². The Morgan fingerprint density at radius 2 is 2.40 bits per heavy atom. The molecule has 0 aliphatic heterocycles. The molecule has 0 bridgehead atoms. The van der Waals surface area contributed by atoms with Crippen LogP contribution < -0.4 is 4.72 Å². The van der Waals surface area contributed by atoms with Gasteiger partial charge in [0.2, 0.25) is 10.0 Å². The Morgan fingerprint density at radius 3 is 3.00 bits per heavy atom. The zero-order valence-electron chi connectivity index (χ0n) is 8.64. The summed E-state index contributed by atoms with van der Waals surface area (Å²) in [6, 6.07) is 4.22. The van der Waals surface area contributed by atoms with Crippen molar-refractivity contribution < 1.29 is 8.42 Å². The molecule has 1 saturated carbocycles. The largest absolute Gasteiger partial charge is 0.212 e. The first-order valence-electron chi connectivity index (χ1n) is 5.16. The monoisotopic (exact) mass is 245 g/mol. The van der Waals surface area contributed by atoms with E-state index in [2.05, 4.69) is 10.8 Å². The Balaban J connectivity index is 1.90. The van der Waals surface area contributed by atoms with Crippen molar-refractivity contribution in [3.63, 3.8) is 0 Å². The number of thiophene rings is 1. The first-order chi connectivity index (χ1) is 7.12. The molecule has 2 atom stereocenters. The lowest BCUT2D eigenvalue weighted by molar-refractivity contribution is 0.578.